The summed E-state index contributed by atoms with van der Waals surface area (Å²) in [5.41, 5.74) is 3.83. The largest absolute Gasteiger partial charge is 0.494 e. The second kappa shape index (κ2) is 7.64. The molecule has 3 rings (SSSR count). The quantitative estimate of drug-likeness (QED) is 0.889. The van der Waals surface area contributed by atoms with Crippen molar-refractivity contribution >= 4 is 0 Å². The molecule has 0 saturated carbocycles. The first-order chi connectivity index (χ1) is 11.3. The summed E-state index contributed by atoms with van der Waals surface area (Å²) < 4.78 is 7.79. The van der Waals surface area contributed by atoms with Crippen molar-refractivity contribution in [1.29, 1.82) is 0 Å². The van der Waals surface area contributed by atoms with E-state index in [1.54, 1.807) is 0 Å². The van der Waals surface area contributed by atoms with Crippen LogP contribution in [0.3, 0.4) is 0 Å². The maximum absolute atomic E-state index is 5.60. The predicted molar refractivity (Wildman–Crippen MR) is 93.2 cm³/mol. The van der Waals surface area contributed by atoms with Crippen LogP contribution in [0.25, 0.3) is 0 Å². The summed E-state index contributed by atoms with van der Waals surface area (Å²) in [5.74, 6) is 1.59. The number of piperidine rings is 1. The minimum absolute atomic E-state index is 0.646. The molecule has 1 N–H and O–H groups in total. The van der Waals surface area contributed by atoms with Gasteiger partial charge in [0.2, 0.25) is 0 Å². The van der Waals surface area contributed by atoms with Crippen LogP contribution in [0.5, 0.6) is 5.75 Å². The van der Waals surface area contributed by atoms with E-state index in [0.29, 0.717) is 12.5 Å². The number of rotatable bonds is 6. The molecular formula is C19H27N3O. The highest BCUT2D eigenvalue weighted by molar-refractivity contribution is 5.32. The van der Waals surface area contributed by atoms with Crippen molar-refractivity contribution in [2.45, 2.75) is 45.6 Å². The molecule has 0 aliphatic carbocycles. The molecule has 4 nitrogen and oxygen atoms in total. The molecule has 0 atom stereocenters. The summed E-state index contributed by atoms with van der Waals surface area (Å²) in [5, 5.41) is 8.27. The Morgan fingerprint density at radius 2 is 2.04 bits per heavy atom. The van der Waals surface area contributed by atoms with E-state index in [1.807, 2.05) is 13.0 Å². The fourth-order valence-electron chi connectivity index (χ4n) is 3.39. The zero-order chi connectivity index (χ0) is 16.1. The number of aryl methyl sites for hydroxylation is 1. The molecule has 1 saturated heterocycles. The van der Waals surface area contributed by atoms with Gasteiger partial charge in [-0.2, -0.15) is 5.10 Å². The standard InChI is InChI=1S/C19H27N3O/c1-3-22-19(16-8-10-20-11-9-16)14-17(21-22)12-15-6-5-7-18(13-15)23-4-2/h5-7,13-14,16,20H,3-4,8-12H2,1-2H3. The van der Waals surface area contributed by atoms with E-state index in [2.05, 4.69) is 41.2 Å². The number of nitrogens with zero attached hydrogens (tertiary/aromatic N) is 2. The summed E-state index contributed by atoms with van der Waals surface area (Å²) in [6.07, 6.45) is 3.29. The average Bonchev–Trinajstić information content (AvgIpc) is 2.99. The van der Waals surface area contributed by atoms with Crippen molar-refractivity contribution in [3.63, 3.8) is 0 Å². The van der Waals surface area contributed by atoms with Crippen LogP contribution in [0.4, 0.5) is 0 Å². The second-order valence-corrected chi connectivity index (χ2v) is 6.16. The Labute approximate surface area is 138 Å². The van der Waals surface area contributed by atoms with Gasteiger partial charge in [0.15, 0.2) is 0 Å². The molecule has 23 heavy (non-hydrogen) atoms. The molecular weight excluding hydrogens is 286 g/mol. The van der Waals surface area contributed by atoms with Crippen molar-refractivity contribution in [3.8, 4) is 5.75 Å². The first kappa shape index (κ1) is 16.1. The molecule has 1 aromatic heterocycles. The Balaban J connectivity index is 1.77. The molecule has 4 heteroatoms. The summed E-state index contributed by atoms with van der Waals surface area (Å²) in [4.78, 5) is 0. The molecule has 124 valence electrons. The number of aromatic nitrogens is 2. The molecule has 0 amide bonds. The lowest BCUT2D eigenvalue weighted by Gasteiger charge is -2.23. The lowest BCUT2D eigenvalue weighted by Crippen LogP contribution is -2.27. The number of ether oxygens (including phenoxy) is 1. The van der Waals surface area contributed by atoms with E-state index >= 15 is 0 Å². The van der Waals surface area contributed by atoms with Crippen LogP contribution in [0.1, 0.15) is 49.6 Å². The minimum atomic E-state index is 0.646. The molecule has 1 aliphatic heterocycles. The van der Waals surface area contributed by atoms with Gasteiger partial charge in [-0.25, -0.2) is 0 Å². The zero-order valence-corrected chi connectivity index (χ0v) is 14.2. The lowest BCUT2D eigenvalue weighted by molar-refractivity contribution is 0.340. The van der Waals surface area contributed by atoms with Gasteiger partial charge in [0, 0.05) is 24.6 Å². The third-order valence-corrected chi connectivity index (χ3v) is 4.51. The Kier molecular flexibility index (Phi) is 5.34. The van der Waals surface area contributed by atoms with Gasteiger partial charge < -0.3 is 10.1 Å². The van der Waals surface area contributed by atoms with Crippen LogP contribution < -0.4 is 10.1 Å². The van der Waals surface area contributed by atoms with Crippen molar-refractivity contribution in [2.24, 2.45) is 0 Å². The fourth-order valence-corrected chi connectivity index (χ4v) is 3.39. The molecule has 0 unspecified atom stereocenters. The molecule has 1 aliphatic rings. The summed E-state index contributed by atoms with van der Waals surface area (Å²) in [7, 11) is 0. The molecule has 0 radical (unpaired) electrons. The number of hydrogen-bond donors (Lipinski definition) is 1. The van der Waals surface area contributed by atoms with E-state index in [9.17, 15) is 0 Å². The van der Waals surface area contributed by atoms with Crippen molar-refractivity contribution < 1.29 is 4.74 Å². The number of hydrogen-bond acceptors (Lipinski definition) is 3. The first-order valence-electron chi connectivity index (χ1n) is 8.79. The minimum Gasteiger partial charge on any atom is -0.494 e. The number of benzene rings is 1. The molecule has 0 spiro atoms. The Hall–Kier alpha value is -1.81. The van der Waals surface area contributed by atoms with Crippen LogP contribution in [0.15, 0.2) is 30.3 Å². The van der Waals surface area contributed by atoms with Gasteiger partial charge in [-0.15, -0.1) is 0 Å². The average molecular weight is 313 g/mol. The highest BCUT2D eigenvalue weighted by Crippen LogP contribution is 2.27. The highest BCUT2D eigenvalue weighted by Gasteiger charge is 2.20. The van der Waals surface area contributed by atoms with Gasteiger partial charge in [-0.05, 0) is 63.5 Å². The van der Waals surface area contributed by atoms with Crippen molar-refractivity contribution in [3.05, 3.63) is 47.3 Å². The molecule has 1 fully saturated rings. The maximum Gasteiger partial charge on any atom is 0.119 e. The van der Waals surface area contributed by atoms with Crippen molar-refractivity contribution in [1.82, 2.24) is 15.1 Å². The van der Waals surface area contributed by atoms with Gasteiger partial charge in [0.25, 0.3) is 0 Å². The Bertz CT molecular complexity index is 629. The fraction of sp³-hybridized carbons (Fsp3) is 0.526. The van der Waals surface area contributed by atoms with Crippen LogP contribution in [-0.2, 0) is 13.0 Å². The van der Waals surface area contributed by atoms with Gasteiger partial charge in [0.1, 0.15) is 5.75 Å². The van der Waals surface area contributed by atoms with Gasteiger partial charge in [-0.1, -0.05) is 12.1 Å². The maximum atomic E-state index is 5.60. The monoisotopic (exact) mass is 313 g/mol. The van der Waals surface area contributed by atoms with E-state index in [0.717, 1.165) is 37.5 Å². The molecule has 1 aromatic carbocycles. The third-order valence-electron chi connectivity index (χ3n) is 4.51. The Morgan fingerprint density at radius 3 is 2.78 bits per heavy atom. The van der Waals surface area contributed by atoms with Gasteiger partial charge >= 0.3 is 0 Å². The molecule has 2 heterocycles. The molecule has 0 bridgehead atoms. The molecule has 2 aromatic rings. The normalized spacial score (nSPS) is 15.7. The first-order valence-corrected chi connectivity index (χ1v) is 8.79. The number of nitrogens with one attached hydrogen (secondary N) is 1. The topological polar surface area (TPSA) is 39.1 Å². The smallest absolute Gasteiger partial charge is 0.119 e. The van der Waals surface area contributed by atoms with Gasteiger partial charge in [-0.3, -0.25) is 4.68 Å². The van der Waals surface area contributed by atoms with Crippen LogP contribution in [0, 0.1) is 0 Å². The Morgan fingerprint density at radius 1 is 1.22 bits per heavy atom. The van der Waals surface area contributed by atoms with Gasteiger partial charge in [0.05, 0.1) is 12.3 Å². The summed E-state index contributed by atoms with van der Waals surface area (Å²) in [6.45, 7) is 8.07. The highest BCUT2D eigenvalue weighted by atomic mass is 16.5. The summed E-state index contributed by atoms with van der Waals surface area (Å²) >= 11 is 0. The van der Waals surface area contributed by atoms with Crippen LogP contribution in [0.2, 0.25) is 0 Å². The van der Waals surface area contributed by atoms with E-state index in [-0.39, 0.29) is 0 Å². The van der Waals surface area contributed by atoms with Crippen LogP contribution in [-0.4, -0.2) is 29.5 Å². The summed E-state index contributed by atoms with van der Waals surface area (Å²) in [6, 6.07) is 10.7. The van der Waals surface area contributed by atoms with E-state index in [4.69, 9.17) is 9.84 Å². The van der Waals surface area contributed by atoms with E-state index in [1.165, 1.54) is 24.1 Å². The lowest BCUT2D eigenvalue weighted by atomic mass is 9.94. The SMILES string of the molecule is CCOc1cccc(Cc2cc(C3CCNCC3)n(CC)n2)c1. The zero-order valence-electron chi connectivity index (χ0n) is 14.2. The third kappa shape index (κ3) is 3.94. The van der Waals surface area contributed by atoms with E-state index < -0.39 is 0 Å². The second-order valence-electron chi connectivity index (χ2n) is 6.16. The van der Waals surface area contributed by atoms with Crippen molar-refractivity contribution in [2.75, 3.05) is 19.7 Å². The predicted octanol–water partition coefficient (Wildman–Crippen LogP) is 3.36. The van der Waals surface area contributed by atoms with Crippen LogP contribution >= 0.6 is 0 Å².